The first-order valence-corrected chi connectivity index (χ1v) is 5.68. The molecule has 1 heterocycles. The fraction of sp³-hybridized carbons (Fsp3) is 0.538. The molecule has 0 amide bonds. The molecule has 2 rings (SSSR count). The van der Waals surface area contributed by atoms with E-state index in [1.165, 1.54) is 11.1 Å². The van der Waals surface area contributed by atoms with Crippen LogP contribution >= 0.6 is 0 Å². The molecule has 0 aromatic heterocycles. The van der Waals surface area contributed by atoms with Crippen molar-refractivity contribution in [2.45, 2.75) is 31.7 Å². The smallest absolute Gasteiger partial charge is 0.0535 e. The summed E-state index contributed by atoms with van der Waals surface area (Å²) in [7, 11) is 0. The van der Waals surface area contributed by atoms with Crippen LogP contribution in [-0.4, -0.2) is 19.3 Å². The molecule has 1 aliphatic rings. The predicted molar refractivity (Wildman–Crippen MR) is 62.0 cm³/mol. The summed E-state index contributed by atoms with van der Waals surface area (Å²) in [5.74, 6) is 0.583. The van der Waals surface area contributed by atoms with Crippen molar-refractivity contribution in [3.8, 4) is 0 Å². The molecule has 1 fully saturated rings. The van der Waals surface area contributed by atoms with Gasteiger partial charge in [-0.25, -0.2) is 0 Å². The van der Waals surface area contributed by atoms with Crippen molar-refractivity contribution in [1.82, 2.24) is 0 Å². The molecule has 2 unspecified atom stereocenters. The number of hydrogen-bond acceptors (Lipinski definition) is 2. The lowest BCUT2D eigenvalue weighted by atomic mass is 9.91. The van der Waals surface area contributed by atoms with Crippen LogP contribution in [0.25, 0.3) is 0 Å². The van der Waals surface area contributed by atoms with Crippen LogP contribution in [0.2, 0.25) is 0 Å². The summed E-state index contributed by atoms with van der Waals surface area (Å²) in [6, 6.07) is 8.84. The van der Waals surface area contributed by atoms with Crippen LogP contribution in [0, 0.1) is 0 Å². The second-order valence-corrected chi connectivity index (χ2v) is 4.44. The standard InChI is InChI=1S/C13H19NO/c1-10(14)8-11-4-2-3-5-13(11)12-6-7-15-9-12/h2-5,10,12H,6-9,14H2,1H3. The van der Waals surface area contributed by atoms with E-state index in [-0.39, 0.29) is 6.04 Å². The topological polar surface area (TPSA) is 35.2 Å². The van der Waals surface area contributed by atoms with Gasteiger partial charge in [0.15, 0.2) is 0 Å². The maximum atomic E-state index is 5.86. The number of rotatable bonds is 3. The molecule has 0 spiro atoms. The van der Waals surface area contributed by atoms with E-state index in [0.717, 1.165) is 26.1 Å². The van der Waals surface area contributed by atoms with Gasteiger partial charge in [0, 0.05) is 18.6 Å². The van der Waals surface area contributed by atoms with E-state index in [9.17, 15) is 0 Å². The third kappa shape index (κ3) is 2.58. The molecular formula is C13H19NO. The SMILES string of the molecule is CC(N)Cc1ccccc1C1CCOC1. The number of benzene rings is 1. The highest BCUT2D eigenvalue weighted by molar-refractivity contribution is 5.31. The van der Waals surface area contributed by atoms with E-state index < -0.39 is 0 Å². The Hall–Kier alpha value is -0.860. The fourth-order valence-electron chi connectivity index (χ4n) is 2.25. The van der Waals surface area contributed by atoms with Crippen molar-refractivity contribution in [2.75, 3.05) is 13.2 Å². The summed E-state index contributed by atoms with van der Waals surface area (Å²) in [6.07, 6.45) is 2.11. The van der Waals surface area contributed by atoms with Crippen LogP contribution < -0.4 is 5.73 Å². The Bertz CT molecular complexity index is 316. The maximum Gasteiger partial charge on any atom is 0.0535 e. The van der Waals surface area contributed by atoms with Crippen molar-refractivity contribution >= 4 is 0 Å². The first-order chi connectivity index (χ1) is 7.27. The van der Waals surface area contributed by atoms with E-state index in [4.69, 9.17) is 10.5 Å². The molecule has 0 saturated carbocycles. The van der Waals surface area contributed by atoms with E-state index in [1.54, 1.807) is 0 Å². The summed E-state index contributed by atoms with van der Waals surface area (Å²) in [6.45, 7) is 3.83. The molecule has 1 saturated heterocycles. The Labute approximate surface area is 91.4 Å². The van der Waals surface area contributed by atoms with Gasteiger partial charge in [0.2, 0.25) is 0 Å². The minimum Gasteiger partial charge on any atom is -0.381 e. The van der Waals surface area contributed by atoms with Gasteiger partial charge < -0.3 is 10.5 Å². The second kappa shape index (κ2) is 4.77. The number of ether oxygens (including phenoxy) is 1. The van der Waals surface area contributed by atoms with Crippen LogP contribution in [-0.2, 0) is 11.2 Å². The van der Waals surface area contributed by atoms with Crippen molar-refractivity contribution in [2.24, 2.45) is 5.73 Å². The molecule has 1 aromatic carbocycles. The number of hydrogen-bond donors (Lipinski definition) is 1. The molecule has 82 valence electrons. The van der Waals surface area contributed by atoms with Crippen LogP contribution in [0.4, 0.5) is 0 Å². The Morgan fingerprint density at radius 3 is 2.93 bits per heavy atom. The zero-order valence-corrected chi connectivity index (χ0v) is 9.28. The van der Waals surface area contributed by atoms with E-state index in [1.807, 2.05) is 0 Å². The lowest BCUT2D eigenvalue weighted by Gasteiger charge is -2.15. The summed E-state index contributed by atoms with van der Waals surface area (Å²) in [4.78, 5) is 0. The van der Waals surface area contributed by atoms with Crippen molar-refractivity contribution < 1.29 is 4.74 Å². The second-order valence-electron chi connectivity index (χ2n) is 4.44. The van der Waals surface area contributed by atoms with Crippen molar-refractivity contribution in [1.29, 1.82) is 0 Å². The molecule has 2 heteroatoms. The predicted octanol–water partition coefficient (Wildman–Crippen LogP) is 2.08. The van der Waals surface area contributed by atoms with E-state index in [2.05, 4.69) is 31.2 Å². The van der Waals surface area contributed by atoms with E-state index >= 15 is 0 Å². The van der Waals surface area contributed by atoms with Gasteiger partial charge >= 0.3 is 0 Å². The third-order valence-electron chi connectivity index (χ3n) is 2.97. The van der Waals surface area contributed by atoms with Crippen molar-refractivity contribution in [3.05, 3.63) is 35.4 Å². The Kier molecular flexibility index (Phi) is 3.39. The highest BCUT2D eigenvalue weighted by atomic mass is 16.5. The maximum absolute atomic E-state index is 5.86. The molecule has 1 aliphatic heterocycles. The van der Waals surface area contributed by atoms with Gasteiger partial charge in [-0.05, 0) is 30.9 Å². The van der Waals surface area contributed by atoms with Gasteiger partial charge in [0.1, 0.15) is 0 Å². The molecule has 1 aromatic rings. The molecule has 15 heavy (non-hydrogen) atoms. The minimum absolute atomic E-state index is 0.230. The highest BCUT2D eigenvalue weighted by Gasteiger charge is 2.20. The molecule has 2 nitrogen and oxygen atoms in total. The van der Waals surface area contributed by atoms with Gasteiger partial charge in [-0.3, -0.25) is 0 Å². The Morgan fingerprint density at radius 1 is 1.47 bits per heavy atom. The quantitative estimate of drug-likeness (QED) is 0.820. The molecule has 0 aliphatic carbocycles. The Balaban J connectivity index is 2.20. The van der Waals surface area contributed by atoms with Crippen molar-refractivity contribution in [3.63, 3.8) is 0 Å². The lowest BCUT2D eigenvalue weighted by molar-refractivity contribution is 0.194. The number of nitrogens with two attached hydrogens (primary N) is 1. The normalized spacial score (nSPS) is 22.9. The van der Waals surface area contributed by atoms with Crippen LogP contribution in [0.1, 0.15) is 30.4 Å². The highest BCUT2D eigenvalue weighted by Crippen LogP contribution is 2.28. The van der Waals surface area contributed by atoms with Crippen LogP contribution in [0.3, 0.4) is 0 Å². The van der Waals surface area contributed by atoms with E-state index in [0.29, 0.717) is 5.92 Å². The van der Waals surface area contributed by atoms with Gasteiger partial charge in [-0.1, -0.05) is 24.3 Å². The van der Waals surface area contributed by atoms with Gasteiger partial charge in [0.25, 0.3) is 0 Å². The largest absolute Gasteiger partial charge is 0.381 e. The first kappa shape index (κ1) is 10.7. The summed E-state index contributed by atoms with van der Waals surface area (Å²) in [5, 5.41) is 0. The average Bonchev–Trinajstić information content (AvgIpc) is 2.70. The van der Waals surface area contributed by atoms with Crippen LogP contribution in [0.15, 0.2) is 24.3 Å². The first-order valence-electron chi connectivity index (χ1n) is 5.68. The zero-order chi connectivity index (χ0) is 10.7. The minimum atomic E-state index is 0.230. The van der Waals surface area contributed by atoms with Gasteiger partial charge in [-0.15, -0.1) is 0 Å². The van der Waals surface area contributed by atoms with Crippen LogP contribution in [0.5, 0.6) is 0 Å². The monoisotopic (exact) mass is 205 g/mol. The molecule has 0 radical (unpaired) electrons. The summed E-state index contributed by atoms with van der Waals surface area (Å²) < 4.78 is 5.44. The molecule has 2 N–H and O–H groups in total. The fourth-order valence-corrected chi connectivity index (χ4v) is 2.25. The average molecular weight is 205 g/mol. The summed E-state index contributed by atoms with van der Waals surface area (Å²) >= 11 is 0. The zero-order valence-electron chi connectivity index (χ0n) is 9.28. The molecule has 2 atom stereocenters. The third-order valence-corrected chi connectivity index (χ3v) is 2.97. The summed E-state index contributed by atoms with van der Waals surface area (Å²) in [5.41, 5.74) is 8.69. The molecule has 0 bridgehead atoms. The lowest BCUT2D eigenvalue weighted by Crippen LogP contribution is -2.19. The van der Waals surface area contributed by atoms with Gasteiger partial charge in [-0.2, -0.15) is 0 Å². The van der Waals surface area contributed by atoms with Gasteiger partial charge in [0.05, 0.1) is 6.61 Å². The Morgan fingerprint density at radius 2 is 2.27 bits per heavy atom. The molecular weight excluding hydrogens is 186 g/mol.